The maximum absolute atomic E-state index is 13.2. The maximum atomic E-state index is 13.2. The fourth-order valence-electron chi connectivity index (χ4n) is 4.35. The van der Waals surface area contributed by atoms with Crippen LogP contribution in [0.5, 0.6) is 0 Å². The second-order valence-corrected chi connectivity index (χ2v) is 10.4. The molecule has 8 heteroatoms. The Morgan fingerprint density at radius 2 is 1.76 bits per heavy atom. The first-order valence-electron chi connectivity index (χ1n) is 11.3. The molecule has 5 rings (SSSR count). The third kappa shape index (κ3) is 4.54. The van der Waals surface area contributed by atoms with Crippen molar-refractivity contribution in [1.82, 2.24) is 14.9 Å². The lowest BCUT2D eigenvalue weighted by Gasteiger charge is -2.32. The Bertz CT molecular complexity index is 1390. The largest absolute Gasteiger partial charge is 0.342 e. The zero-order chi connectivity index (χ0) is 23.7. The van der Waals surface area contributed by atoms with Crippen LogP contribution in [0.1, 0.15) is 40.5 Å². The Hall–Kier alpha value is -3.65. The van der Waals surface area contributed by atoms with Crippen molar-refractivity contribution < 1.29 is 13.2 Å². The molecule has 0 saturated carbocycles. The van der Waals surface area contributed by atoms with Gasteiger partial charge in [0.15, 0.2) is 0 Å². The van der Waals surface area contributed by atoms with E-state index in [0.717, 1.165) is 35.3 Å². The molecule has 2 heterocycles. The highest BCUT2D eigenvalue weighted by atomic mass is 32.2. The molecule has 1 aliphatic rings. The van der Waals surface area contributed by atoms with Crippen molar-refractivity contribution in [2.45, 2.75) is 30.6 Å². The predicted octanol–water partition coefficient (Wildman–Crippen LogP) is 4.69. The van der Waals surface area contributed by atoms with E-state index in [4.69, 9.17) is 4.98 Å². The van der Waals surface area contributed by atoms with Gasteiger partial charge >= 0.3 is 0 Å². The summed E-state index contributed by atoms with van der Waals surface area (Å²) in [6, 6.07) is 21.2. The van der Waals surface area contributed by atoms with Crippen molar-refractivity contribution in [2.24, 2.45) is 0 Å². The average Bonchev–Trinajstić information content (AvgIpc) is 3.30. The molecule has 1 fully saturated rings. The number of aromatic nitrogens is 2. The fraction of sp³-hybridized carbons (Fsp3) is 0.231. The number of aromatic amines is 1. The zero-order valence-electron chi connectivity index (χ0n) is 18.9. The molecular weight excluding hydrogens is 448 g/mol. The summed E-state index contributed by atoms with van der Waals surface area (Å²) in [5.74, 6) is 0.946. The number of piperidine rings is 1. The van der Waals surface area contributed by atoms with Gasteiger partial charge in [-0.25, -0.2) is 13.4 Å². The lowest BCUT2D eigenvalue weighted by atomic mass is 9.96. The number of H-pyrrole nitrogens is 1. The first kappa shape index (κ1) is 22.2. The topological polar surface area (TPSA) is 95.2 Å². The number of carbonyl (C=O) groups is 1. The van der Waals surface area contributed by atoms with Gasteiger partial charge in [-0.2, -0.15) is 0 Å². The van der Waals surface area contributed by atoms with E-state index in [-0.39, 0.29) is 16.7 Å². The van der Waals surface area contributed by atoms with E-state index in [1.165, 1.54) is 12.1 Å². The van der Waals surface area contributed by atoms with Crippen molar-refractivity contribution in [3.05, 3.63) is 89.7 Å². The van der Waals surface area contributed by atoms with Crippen LogP contribution in [0.15, 0.2) is 77.7 Å². The van der Waals surface area contributed by atoms with E-state index >= 15 is 0 Å². The molecule has 0 spiro atoms. The third-order valence-electron chi connectivity index (χ3n) is 6.22. The number of nitrogens with zero attached hydrogens (tertiary/aromatic N) is 2. The molecular formula is C26H26N4O3S. The number of aryl methyl sites for hydroxylation is 1. The molecule has 7 nitrogen and oxygen atoms in total. The standard InChI is InChI=1S/C26H26N4O3S/c1-18-8-12-21(13-9-18)29-34(32,33)22-14-10-19(11-15-22)26(31)30-16-4-5-20(17-30)25-27-23-6-2-3-7-24(23)28-25/h2-3,6-15,20,29H,4-5,16-17H2,1H3,(H,27,28)/t20-/m0/s1. The molecule has 34 heavy (non-hydrogen) atoms. The second kappa shape index (κ2) is 8.95. The SMILES string of the molecule is Cc1ccc(NS(=O)(=O)c2ccc(C(=O)N3CCC[C@H](c4nc5ccccc5[nH]4)C3)cc2)cc1. The number of rotatable bonds is 5. The summed E-state index contributed by atoms with van der Waals surface area (Å²) in [7, 11) is -3.74. The molecule has 2 N–H and O–H groups in total. The van der Waals surface area contributed by atoms with E-state index in [9.17, 15) is 13.2 Å². The van der Waals surface area contributed by atoms with Crippen LogP contribution in [-0.4, -0.2) is 42.3 Å². The minimum Gasteiger partial charge on any atom is -0.342 e. The highest BCUT2D eigenvalue weighted by molar-refractivity contribution is 7.92. The summed E-state index contributed by atoms with van der Waals surface area (Å²) in [6.07, 6.45) is 1.85. The van der Waals surface area contributed by atoms with Crippen LogP contribution >= 0.6 is 0 Å². The van der Waals surface area contributed by atoms with Gasteiger partial charge in [-0.3, -0.25) is 9.52 Å². The Morgan fingerprint density at radius 1 is 1.03 bits per heavy atom. The number of hydrogen-bond acceptors (Lipinski definition) is 4. The molecule has 1 atom stereocenters. The number of anilines is 1. The second-order valence-electron chi connectivity index (χ2n) is 8.73. The Labute approximate surface area is 198 Å². The van der Waals surface area contributed by atoms with Crippen molar-refractivity contribution in [3.8, 4) is 0 Å². The zero-order valence-corrected chi connectivity index (χ0v) is 19.7. The summed E-state index contributed by atoms with van der Waals surface area (Å²) < 4.78 is 28.0. The molecule has 1 amide bonds. The minimum atomic E-state index is -3.74. The van der Waals surface area contributed by atoms with Crippen LogP contribution < -0.4 is 4.72 Å². The first-order valence-corrected chi connectivity index (χ1v) is 12.8. The maximum Gasteiger partial charge on any atom is 0.261 e. The van der Waals surface area contributed by atoms with E-state index in [1.54, 1.807) is 24.3 Å². The number of carbonyl (C=O) groups excluding carboxylic acids is 1. The van der Waals surface area contributed by atoms with E-state index < -0.39 is 10.0 Å². The highest BCUT2D eigenvalue weighted by Crippen LogP contribution is 2.28. The van der Waals surface area contributed by atoms with Crippen molar-refractivity contribution in [3.63, 3.8) is 0 Å². The van der Waals surface area contributed by atoms with Gasteiger partial charge in [-0.15, -0.1) is 0 Å². The van der Waals surface area contributed by atoms with Crippen LogP contribution in [0.2, 0.25) is 0 Å². The fourth-order valence-corrected chi connectivity index (χ4v) is 5.40. The number of sulfonamides is 1. The molecule has 174 valence electrons. The third-order valence-corrected chi connectivity index (χ3v) is 7.62. The van der Waals surface area contributed by atoms with E-state index in [0.29, 0.717) is 24.3 Å². The number of imidazole rings is 1. The number of nitrogens with one attached hydrogen (secondary N) is 2. The Morgan fingerprint density at radius 3 is 2.50 bits per heavy atom. The van der Waals surface area contributed by atoms with Gasteiger partial charge in [0.05, 0.1) is 15.9 Å². The molecule has 1 aromatic heterocycles. The molecule has 3 aromatic carbocycles. The predicted molar refractivity (Wildman–Crippen MR) is 132 cm³/mol. The number of hydrogen-bond donors (Lipinski definition) is 2. The van der Waals surface area contributed by atoms with Gasteiger partial charge in [-0.05, 0) is 68.3 Å². The normalized spacial score (nSPS) is 16.5. The van der Waals surface area contributed by atoms with Gasteiger partial charge in [-0.1, -0.05) is 29.8 Å². The van der Waals surface area contributed by atoms with Crippen molar-refractivity contribution >= 4 is 32.7 Å². The Kier molecular flexibility index (Phi) is 5.83. The van der Waals surface area contributed by atoms with Gasteiger partial charge in [0, 0.05) is 30.3 Å². The molecule has 1 saturated heterocycles. The number of likely N-dealkylation sites (tertiary alicyclic amines) is 1. The van der Waals surface area contributed by atoms with Gasteiger partial charge in [0.2, 0.25) is 0 Å². The highest BCUT2D eigenvalue weighted by Gasteiger charge is 2.27. The van der Waals surface area contributed by atoms with E-state index in [1.807, 2.05) is 48.2 Å². The van der Waals surface area contributed by atoms with E-state index in [2.05, 4.69) is 9.71 Å². The summed E-state index contributed by atoms with van der Waals surface area (Å²) in [6.45, 7) is 3.19. The van der Waals surface area contributed by atoms with Gasteiger partial charge in [0.25, 0.3) is 15.9 Å². The van der Waals surface area contributed by atoms with Gasteiger partial charge in [0.1, 0.15) is 5.82 Å². The van der Waals surface area contributed by atoms with Crippen molar-refractivity contribution in [2.75, 3.05) is 17.8 Å². The number of benzene rings is 3. The van der Waals surface area contributed by atoms with Gasteiger partial charge < -0.3 is 9.88 Å². The quantitative estimate of drug-likeness (QED) is 0.439. The molecule has 1 aliphatic heterocycles. The summed E-state index contributed by atoms with van der Waals surface area (Å²) >= 11 is 0. The number of amides is 1. The average molecular weight is 475 g/mol. The minimum absolute atomic E-state index is 0.101. The van der Waals surface area contributed by atoms with Crippen LogP contribution in [0.3, 0.4) is 0 Å². The van der Waals surface area contributed by atoms with Crippen molar-refractivity contribution in [1.29, 1.82) is 0 Å². The number of para-hydroxylation sites is 2. The van der Waals surface area contributed by atoms with Crippen LogP contribution in [0.4, 0.5) is 5.69 Å². The first-order chi connectivity index (χ1) is 16.4. The molecule has 0 aliphatic carbocycles. The number of fused-ring (bicyclic) bond motifs is 1. The molecule has 0 radical (unpaired) electrons. The molecule has 0 bridgehead atoms. The Balaban J connectivity index is 1.29. The lowest BCUT2D eigenvalue weighted by Crippen LogP contribution is -2.39. The smallest absolute Gasteiger partial charge is 0.261 e. The molecule has 4 aromatic rings. The van der Waals surface area contributed by atoms with Crippen LogP contribution in [0.25, 0.3) is 11.0 Å². The monoisotopic (exact) mass is 474 g/mol. The lowest BCUT2D eigenvalue weighted by molar-refractivity contribution is 0.0705. The molecule has 0 unspecified atom stereocenters. The van der Waals surface area contributed by atoms with Crippen LogP contribution in [0, 0.1) is 6.92 Å². The summed E-state index contributed by atoms with van der Waals surface area (Å²) in [5, 5.41) is 0. The summed E-state index contributed by atoms with van der Waals surface area (Å²) in [5.41, 5.74) is 3.94. The van der Waals surface area contributed by atoms with Crippen LogP contribution in [-0.2, 0) is 10.0 Å². The summed E-state index contributed by atoms with van der Waals surface area (Å²) in [4.78, 5) is 23.2.